The van der Waals surface area contributed by atoms with Crippen molar-refractivity contribution in [2.75, 3.05) is 7.11 Å². The van der Waals surface area contributed by atoms with E-state index in [1.165, 1.54) is 7.11 Å². The average Bonchev–Trinajstić information content (AvgIpc) is 3.42. The Balaban J connectivity index is 1.77. The first-order valence-electron chi connectivity index (χ1n) is 9.91. The van der Waals surface area contributed by atoms with Crippen molar-refractivity contribution < 1.29 is 24.5 Å². The molecule has 2 aromatic carbocycles. The quantitative estimate of drug-likeness (QED) is 0.453. The number of aliphatic hydroxyl groups excluding tert-OH is 1. The van der Waals surface area contributed by atoms with Gasteiger partial charge in [0.05, 0.1) is 24.2 Å². The highest BCUT2D eigenvalue weighted by Crippen LogP contribution is 2.53. The number of fused-ring (bicyclic) bond motifs is 4. The summed E-state index contributed by atoms with van der Waals surface area (Å²) in [4.78, 5) is 12.8. The number of hydrogen-bond donors (Lipinski definition) is 3. The molecule has 30 heavy (non-hydrogen) atoms. The molecule has 3 aromatic rings. The van der Waals surface area contributed by atoms with Crippen LogP contribution in [0.5, 0.6) is 11.5 Å². The zero-order valence-electron chi connectivity index (χ0n) is 16.7. The highest BCUT2D eigenvalue weighted by molar-refractivity contribution is 6.06. The van der Waals surface area contributed by atoms with Gasteiger partial charge in [0, 0.05) is 28.7 Å². The van der Waals surface area contributed by atoms with Gasteiger partial charge in [-0.25, -0.2) is 4.79 Å². The topological polar surface area (TPSA) is 100 Å². The first-order chi connectivity index (χ1) is 14.3. The summed E-state index contributed by atoms with van der Waals surface area (Å²) in [5, 5.41) is 33.1. The van der Waals surface area contributed by atoms with E-state index < -0.39 is 17.3 Å². The SMILES string of the molecule is COc1cc2c(oc(=O)c3cc(C(C)O)ccc32)c(CC2=CC=CC3CC23O)c1O. The fourth-order valence-corrected chi connectivity index (χ4v) is 4.42. The Bertz CT molecular complexity index is 1310. The second kappa shape index (κ2) is 6.45. The lowest BCUT2D eigenvalue weighted by molar-refractivity contribution is 0.173. The van der Waals surface area contributed by atoms with Crippen LogP contribution in [0.3, 0.4) is 0 Å². The van der Waals surface area contributed by atoms with E-state index in [-0.39, 0.29) is 29.4 Å². The van der Waals surface area contributed by atoms with Crippen LogP contribution in [0.1, 0.15) is 30.6 Å². The Morgan fingerprint density at radius 1 is 1.27 bits per heavy atom. The maximum atomic E-state index is 12.8. The lowest BCUT2D eigenvalue weighted by Gasteiger charge is -2.19. The highest BCUT2D eigenvalue weighted by Gasteiger charge is 2.54. The summed E-state index contributed by atoms with van der Waals surface area (Å²) in [6.07, 6.45) is 5.89. The first-order valence-corrected chi connectivity index (χ1v) is 9.91. The molecule has 0 spiro atoms. The number of rotatable bonds is 4. The summed E-state index contributed by atoms with van der Waals surface area (Å²) in [6.45, 7) is 1.63. The number of aliphatic hydroxyl groups is 2. The van der Waals surface area contributed by atoms with Gasteiger partial charge in [0.1, 0.15) is 5.58 Å². The molecule has 0 aliphatic heterocycles. The van der Waals surface area contributed by atoms with Crippen molar-refractivity contribution >= 4 is 21.7 Å². The van der Waals surface area contributed by atoms with Crippen LogP contribution in [0.4, 0.5) is 0 Å². The van der Waals surface area contributed by atoms with Crippen molar-refractivity contribution in [1.82, 2.24) is 0 Å². The molecule has 0 saturated heterocycles. The van der Waals surface area contributed by atoms with Crippen LogP contribution in [-0.2, 0) is 6.42 Å². The Morgan fingerprint density at radius 3 is 2.80 bits per heavy atom. The molecule has 0 amide bonds. The number of aromatic hydroxyl groups is 1. The lowest BCUT2D eigenvalue weighted by atomic mass is 9.92. The van der Waals surface area contributed by atoms with Crippen LogP contribution in [0.15, 0.2) is 57.3 Å². The molecule has 2 aliphatic rings. The third kappa shape index (κ3) is 2.68. The van der Waals surface area contributed by atoms with E-state index in [4.69, 9.17) is 9.15 Å². The highest BCUT2D eigenvalue weighted by atomic mass is 16.5. The van der Waals surface area contributed by atoms with Gasteiger partial charge in [0.2, 0.25) is 0 Å². The zero-order chi connectivity index (χ0) is 21.2. The summed E-state index contributed by atoms with van der Waals surface area (Å²) < 4.78 is 11.0. The second-order valence-electron chi connectivity index (χ2n) is 8.14. The summed E-state index contributed by atoms with van der Waals surface area (Å²) in [5.74, 6) is 0.242. The predicted octanol–water partition coefficient (Wildman–Crippen LogP) is 3.50. The van der Waals surface area contributed by atoms with E-state index >= 15 is 0 Å². The number of methoxy groups -OCH3 is 1. The largest absolute Gasteiger partial charge is 0.504 e. The smallest absolute Gasteiger partial charge is 0.344 e. The Hall–Kier alpha value is -3.09. The third-order valence-electron chi connectivity index (χ3n) is 6.31. The second-order valence-corrected chi connectivity index (χ2v) is 8.14. The molecule has 1 fully saturated rings. The fraction of sp³-hybridized carbons (Fsp3) is 0.292. The molecule has 6 nitrogen and oxygen atoms in total. The van der Waals surface area contributed by atoms with Gasteiger partial charge < -0.3 is 24.5 Å². The molecule has 1 heterocycles. The molecule has 2 aliphatic carbocycles. The van der Waals surface area contributed by atoms with Crippen molar-refractivity contribution in [2.24, 2.45) is 5.92 Å². The number of phenolic OH excluding ortho intramolecular Hbond substituents is 1. The zero-order valence-corrected chi connectivity index (χ0v) is 16.7. The summed E-state index contributed by atoms with van der Waals surface area (Å²) in [5.41, 5.74) is 0.606. The van der Waals surface area contributed by atoms with Crippen LogP contribution < -0.4 is 10.4 Å². The Labute approximate surface area is 172 Å². The molecule has 154 valence electrons. The monoisotopic (exact) mass is 406 g/mol. The minimum atomic E-state index is -0.903. The van der Waals surface area contributed by atoms with Gasteiger partial charge in [-0.05, 0) is 36.6 Å². The standard InChI is InChI=1S/C24H22O6/c1-12(25)13-6-7-16-17-10-20(29-2)21(26)19(22(17)30-23(27)18(16)8-13)9-14-4-3-5-15-11-24(14,15)28/h3-8,10,12,15,25-26,28H,9,11H2,1-2H3. The van der Waals surface area contributed by atoms with E-state index in [2.05, 4.69) is 0 Å². The van der Waals surface area contributed by atoms with E-state index in [0.29, 0.717) is 33.7 Å². The van der Waals surface area contributed by atoms with Gasteiger partial charge in [0.15, 0.2) is 11.5 Å². The maximum Gasteiger partial charge on any atom is 0.344 e. The van der Waals surface area contributed by atoms with Gasteiger partial charge >= 0.3 is 5.63 Å². The van der Waals surface area contributed by atoms with E-state index in [1.807, 2.05) is 18.2 Å². The Morgan fingerprint density at radius 2 is 2.07 bits per heavy atom. The molecule has 6 heteroatoms. The van der Waals surface area contributed by atoms with Gasteiger partial charge in [-0.15, -0.1) is 0 Å². The van der Waals surface area contributed by atoms with Gasteiger partial charge in [-0.2, -0.15) is 0 Å². The van der Waals surface area contributed by atoms with Gasteiger partial charge in [-0.1, -0.05) is 30.4 Å². The number of allylic oxidation sites excluding steroid dienone is 2. The van der Waals surface area contributed by atoms with Crippen LogP contribution in [-0.4, -0.2) is 28.0 Å². The summed E-state index contributed by atoms with van der Waals surface area (Å²) >= 11 is 0. The molecule has 0 radical (unpaired) electrons. The molecular formula is C24H22O6. The van der Waals surface area contributed by atoms with Crippen LogP contribution in [0, 0.1) is 5.92 Å². The lowest BCUT2D eigenvalue weighted by Crippen LogP contribution is -2.18. The van der Waals surface area contributed by atoms with Crippen molar-refractivity contribution in [2.45, 2.75) is 31.5 Å². The first kappa shape index (κ1) is 18.9. The number of hydrogen-bond acceptors (Lipinski definition) is 6. The summed E-state index contributed by atoms with van der Waals surface area (Å²) in [6, 6.07) is 6.79. The third-order valence-corrected chi connectivity index (χ3v) is 6.31. The van der Waals surface area contributed by atoms with Crippen LogP contribution in [0.25, 0.3) is 21.7 Å². The molecule has 0 bridgehead atoms. The van der Waals surface area contributed by atoms with E-state index in [9.17, 15) is 20.1 Å². The van der Waals surface area contributed by atoms with Crippen LogP contribution in [0.2, 0.25) is 0 Å². The molecule has 3 N–H and O–H groups in total. The predicted molar refractivity (Wildman–Crippen MR) is 113 cm³/mol. The normalized spacial score (nSPS) is 23.3. The van der Waals surface area contributed by atoms with Crippen molar-refractivity contribution in [3.63, 3.8) is 0 Å². The molecular weight excluding hydrogens is 384 g/mol. The number of benzene rings is 2. The number of ether oxygens (including phenoxy) is 1. The minimum Gasteiger partial charge on any atom is -0.504 e. The van der Waals surface area contributed by atoms with Crippen molar-refractivity contribution in [3.05, 3.63) is 69.6 Å². The average molecular weight is 406 g/mol. The Kier molecular flexibility index (Phi) is 4.07. The van der Waals surface area contributed by atoms with Gasteiger partial charge in [0.25, 0.3) is 0 Å². The van der Waals surface area contributed by atoms with Crippen molar-refractivity contribution in [1.29, 1.82) is 0 Å². The van der Waals surface area contributed by atoms with Gasteiger partial charge in [-0.3, -0.25) is 0 Å². The molecule has 3 atom stereocenters. The van der Waals surface area contributed by atoms with E-state index in [0.717, 1.165) is 5.57 Å². The molecule has 5 rings (SSSR count). The molecule has 1 aromatic heterocycles. The van der Waals surface area contributed by atoms with Crippen LogP contribution >= 0.6 is 0 Å². The molecule has 3 unspecified atom stereocenters. The van der Waals surface area contributed by atoms with Crippen molar-refractivity contribution in [3.8, 4) is 11.5 Å². The molecule has 1 saturated carbocycles. The fourth-order valence-electron chi connectivity index (χ4n) is 4.42. The summed E-state index contributed by atoms with van der Waals surface area (Å²) in [7, 11) is 1.46. The van der Waals surface area contributed by atoms with E-state index in [1.54, 1.807) is 31.2 Å². The number of phenols is 1. The minimum absolute atomic E-state index is 0.0863. The maximum absolute atomic E-state index is 12.8.